The van der Waals surface area contributed by atoms with Crippen molar-refractivity contribution in [1.82, 2.24) is 9.61 Å². The Labute approximate surface area is 88.3 Å². The van der Waals surface area contributed by atoms with E-state index in [4.69, 9.17) is 5.11 Å². The van der Waals surface area contributed by atoms with E-state index in [1.807, 2.05) is 13.0 Å². The molecule has 2 heterocycles. The number of pyridine rings is 1. The number of carboxylic acid groups (broad SMARTS) is 1. The lowest BCUT2D eigenvalue weighted by Crippen LogP contribution is -1.96. The Bertz CT molecular complexity index is 519. The van der Waals surface area contributed by atoms with Crippen LogP contribution in [0.1, 0.15) is 15.9 Å². The number of nitrogens with zero attached hydrogens (tertiary/aromatic N) is 2. The number of aromatic nitrogens is 2. The smallest absolute Gasteiger partial charge is 0.339 e. The maximum absolute atomic E-state index is 10.8. The molecule has 0 aliphatic rings. The number of carbonyl (C=O) groups is 1. The highest BCUT2D eigenvalue weighted by Crippen LogP contribution is 2.20. The quantitative estimate of drug-likeness (QED) is 0.794. The van der Waals surface area contributed by atoms with Gasteiger partial charge in [-0.25, -0.2) is 9.31 Å². The number of aromatic carboxylic acids is 1. The monoisotopic (exact) mass is 254 g/mol. The Morgan fingerprint density at radius 3 is 2.93 bits per heavy atom. The van der Waals surface area contributed by atoms with Crippen LogP contribution in [0.5, 0.6) is 0 Å². The number of hydrogen-bond acceptors (Lipinski definition) is 2. The van der Waals surface area contributed by atoms with Crippen molar-refractivity contribution in [1.29, 1.82) is 0 Å². The summed E-state index contributed by atoms with van der Waals surface area (Å²) in [5.41, 5.74) is 1.82. The molecule has 72 valence electrons. The minimum absolute atomic E-state index is 0.214. The molecule has 14 heavy (non-hydrogen) atoms. The van der Waals surface area contributed by atoms with E-state index < -0.39 is 5.97 Å². The Hall–Kier alpha value is -1.36. The second kappa shape index (κ2) is 3.09. The van der Waals surface area contributed by atoms with E-state index >= 15 is 0 Å². The third kappa shape index (κ3) is 1.21. The predicted octanol–water partition coefficient (Wildman–Crippen LogP) is 2.10. The zero-order valence-corrected chi connectivity index (χ0v) is 8.95. The summed E-state index contributed by atoms with van der Waals surface area (Å²) in [5, 5.41) is 12.9. The minimum atomic E-state index is -0.962. The maximum Gasteiger partial charge on any atom is 0.339 e. The van der Waals surface area contributed by atoms with E-state index in [1.165, 1.54) is 6.20 Å². The molecular weight excluding hydrogens is 248 g/mol. The molecule has 0 atom stereocenters. The first-order valence-electron chi connectivity index (χ1n) is 3.97. The average Bonchev–Trinajstić information content (AvgIpc) is 2.55. The highest BCUT2D eigenvalue weighted by atomic mass is 79.9. The predicted molar refractivity (Wildman–Crippen MR) is 54.6 cm³/mol. The van der Waals surface area contributed by atoms with Crippen molar-refractivity contribution in [2.45, 2.75) is 6.92 Å². The van der Waals surface area contributed by atoms with Crippen LogP contribution in [-0.4, -0.2) is 20.7 Å². The lowest BCUT2D eigenvalue weighted by atomic mass is 10.2. The lowest BCUT2D eigenvalue weighted by molar-refractivity contribution is 0.0699. The first-order valence-corrected chi connectivity index (χ1v) is 4.76. The molecule has 4 nitrogen and oxygen atoms in total. The van der Waals surface area contributed by atoms with Crippen LogP contribution >= 0.6 is 15.9 Å². The summed E-state index contributed by atoms with van der Waals surface area (Å²) >= 11 is 3.35. The zero-order chi connectivity index (χ0) is 10.3. The van der Waals surface area contributed by atoms with Crippen LogP contribution < -0.4 is 0 Å². The summed E-state index contributed by atoms with van der Waals surface area (Å²) in [4.78, 5) is 10.8. The van der Waals surface area contributed by atoms with Gasteiger partial charge in [0.05, 0.1) is 11.7 Å². The highest BCUT2D eigenvalue weighted by Gasteiger charge is 2.12. The van der Waals surface area contributed by atoms with Crippen LogP contribution in [-0.2, 0) is 0 Å². The summed E-state index contributed by atoms with van der Waals surface area (Å²) in [6.45, 7) is 1.92. The summed E-state index contributed by atoms with van der Waals surface area (Å²) in [6, 6.07) is 3.60. The molecule has 0 aliphatic heterocycles. The van der Waals surface area contributed by atoms with Crippen molar-refractivity contribution in [3.05, 3.63) is 34.1 Å². The highest BCUT2D eigenvalue weighted by molar-refractivity contribution is 9.10. The first kappa shape index (κ1) is 9.21. The van der Waals surface area contributed by atoms with E-state index in [-0.39, 0.29) is 5.56 Å². The van der Waals surface area contributed by atoms with Crippen molar-refractivity contribution in [3.63, 3.8) is 0 Å². The van der Waals surface area contributed by atoms with Gasteiger partial charge >= 0.3 is 5.97 Å². The maximum atomic E-state index is 10.8. The van der Waals surface area contributed by atoms with E-state index in [9.17, 15) is 4.79 Å². The number of rotatable bonds is 1. The molecule has 0 saturated heterocycles. The molecule has 0 aromatic carbocycles. The first-order chi connectivity index (χ1) is 6.61. The molecule has 2 aromatic rings. The molecule has 0 spiro atoms. The molecule has 2 aromatic heterocycles. The molecule has 0 fully saturated rings. The molecule has 0 bridgehead atoms. The SMILES string of the molecule is Cc1ccc2c(C(=O)O)cnn2c1Br. The largest absolute Gasteiger partial charge is 0.478 e. The van der Waals surface area contributed by atoms with Crippen LogP contribution in [0.25, 0.3) is 5.52 Å². The summed E-state index contributed by atoms with van der Waals surface area (Å²) in [7, 11) is 0. The summed E-state index contributed by atoms with van der Waals surface area (Å²) < 4.78 is 2.35. The molecule has 0 unspecified atom stereocenters. The van der Waals surface area contributed by atoms with Gasteiger partial charge in [-0.15, -0.1) is 0 Å². The van der Waals surface area contributed by atoms with Crippen LogP contribution in [0.4, 0.5) is 0 Å². The molecule has 2 rings (SSSR count). The summed E-state index contributed by atoms with van der Waals surface area (Å²) in [6.07, 6.45) is 1.35. The Balaban J connectivity index is 2.83. The van der Waals surface area contributed by atoms with Crippen molar-refractivity contribution in [3.8, 4) is 0 Å². The third-order valence-corrected chi connectivity index (χ3v) is 3.00. The molecule has 0 radical (unpaired) electrons. The fraction of sp³-hybridized carbons (Fsp3) is 0.111. The number of carboxylic acids is 1. The standard InChI is InChI=1S/C9H7BrN2O2/c1-5-2-3-7-6(9(13)14)4-11-12(7)8(5)10/h2-4H,1H3,(H,13,14). The van der Waals surface area contributed by atoms with Gasteiger partial charge in [0.1, 0.15) is 10.2 Å². The number of hydrogen-bond donors (Lipinski definition) is 1. The average molecular weight is 255 g/mol. The van der Waals surface area contributed by atoms with Crippen LogP contribution in [0.2, 0.25) is 0 Å². The zero-order valence-electron chi connectivity index (χ0n) is 7.36. The van der Waals surface area contributed by atoms with Crippen molar-refractivity contribution in [2.75, 3.05) is 0 Å². The second-order valence-electron chi connectivity index (χ2n) is 2.97. The van der Waals surface area contributed by atoms with Gasteiger partial charge in [0.25, 0.3) is 0 Å². The Morgan fingerprint density at radius 1 is 1.57 bits per heavy atom. The third-order valence-electron chi connectivity index (χ3n) is 2.04. The normalized spacial score (nSPS) is 10.7. The van der Waals surface area contributed by atoms with E-state index in [1.54, 1.807) is 10.6 Å². The van der Waals surface area contributed by atoms with E-state index in [0.29, 0.717) is 5.52 Å². The van der Waals surface area contributed by atoms with Gasteiger partial charge < -0.3 is 5.11 Å². The number of halogens is 1. The molecule has 0 saturated carbocycles. The Morgan fingerprint density at radius 2 is 2.29 bits per heavy atom. The van der Waals surface area contributed by atoms with Crippen LogP contribution in [0.3, 0.4) is 0 Å². The Kier molecular flexibility index (Phi) is 2.03. The number of aryl methyl sites for hydroxylation is 1. The molecule has 0 amide bonds. The number of fused-ring (bicyclic) bond motifs is 1. The van der Waals surface area contributed by atoms with Crippen LogP contribution in [0, 0.1) is 6.92 Å². The van der Waals surface area contributed by atoms with Gasteiger partial charge in [-0.3, -0.25) is 0 Å². The molecular formula is C9H7BrN2O2. The van der Waals surface area contributed by atoms with Gasteiger partial charge in [-0.1, -0.05) is 6.07 Å². The molecule has 1 N–H and O–H groups in total. The topological polar surface area (TPSA) is 54.6 Å². The minimum Gasteiger partial charge on any atom is -0.478 e. The fourth-order valence-electron chi connectivity index (χ4n) is 1.28. The fourth-order valence-corrected chi connectivity index (χ4v) is 1.69. The van der Waals surface area contributed by atoms with E-state index in [0.717, 1.165) is 10.2 Å². The lowest BCUT2D eigenvalue weighted by Gasteiger charge is -2.00. The van der Waals surface area contributed by atoms with Crippen molar-refractivity contribution >= 4 is 27.4 Å². The van der Waals surface area contributed by atoms with Gasteiger partial charge in [0.2, 0.25) is 0 Å². The van der Waals surface area contributed by atoms with Crippen LogP contribution in [0.15, 0.2) is 22.9 Å². The van der Waals surface area contributed by atoms with Gasteiger partial charge in [0.15, 0.2) is 0 Å². The summed E-state index contributed by atoms with van der Waals surface area (Å²) in [5.74, 6) is -0.962. The van der Waals surface area contributed by atoms with Gasteiger partial charge in [-0.05, 0) is 34.5 Å². The molecule has 5 heteroatoms. The molecule has 0 aliphatic carbocycles. The van der Waals surface area contributed by atoms with Gasteiger partial charge in [-0.2, -0.15) is 5.10 Å². The van der Waals surface area contributed by atoms with E-state index in [2.05, 4.69) is 21.0 Å². The second-order valence-corrected chi connectivity index (χ2v) is 3.72. The van der Waals surface area contributed by atoms with Crippen molar-refractivity contribution in [2.24, 2.45) is 0 Å². The van der Waals surface area contributed by atoms with Gasteiger partial charge in [0, 0.05) is 0 Å². The van der Waals surface area contributed by atoms with Crippen molar-refractivity contribution < 1.29 is 9.90 Å².